The highest BCUT2D eigenvalue weighted by atomic mass is 16.6. The van der Waals surface area contributed by atoms with Gasteiger partial charge in [0.25, 0.3) is 0 Å². The van der Waals surface area contributed by atoms with Gasteiger partial charge in [-0.15, -0.1) is 0 Å². The molecular weight excluding hydrogens is 238 g/mol. The number of nitrogens with zero attached hydrogens (tertiary/aromatic N) is 1. The summed E-state index contributed by atoms with van der Waals surface area (Å²) in [6.45, 7) is 4.47. The maximum Gasteiger partial charge on any atom is 0.104 e. The van der Waals surface area contributed by atoms with E-state index in [2.05, 4.69) is 24.0 Å². The van der Waals surface area contributed by atoms with Crippen molar-refractivity contribution in [3.63, 3.8) is 0 Å². The minimum absolute atomic E-state index is 0.263. The summed E-state index contributed by atoms with van der Waals surface area (Å²) in [5.74, 6) is 0. The Morgan fingerprint density at radius 3 is 2.89 bits per heavy atom. The number of hydrogen-bond acceptors (Lipinski definition) is 3. The molecule has 0 aliphatic carbocycles. The Balaban J connectivity index is 1.79. The SMILES string of the molecule is CCCCC(COCC1CO1)N=Cc1ccccc1. The topological polar surface area (TPSA) is 34.1 Å². The van der Waals surface area contributed by atoms with Crippen LogP contribution in [0.4, 0.5) is 0 Å². The molecule has 1 heterocycles. The molecule has 3 nitrogen and oxygen atoms in total. The summed E-state index contributed by atoms with van der Waals surface area (Å²) in [7, 11) is 0. The van der Waals surface area contributed by atoms with Crippen LogP contribution in [0.3, 0.4) is 0 Å². The van der Waals surface area contributed by atoms with Gasteiger partial charge in [-0.25, -0.2) is 0 Å². The highest BCUT2D eigenvalue weighted by Gasteiger charge is 2.22. The van der Waals surface area contributed by atoms with Gasteiger partial charge in [-0.1, -0.05) is 50.1 Å². The van der Waals surface area contributed by atoms with Gasteiger partial charge in [0, 0.05) is 6.21 Å². The van der Waals surface area contributed by atoms with Crippen LogP contribution in [0, 0.1) is 0 Å². The molecule has 1 aliphatic rings. The molecule has 2 unspecified atom stereocenters. The molecule has 0 bridgehead atoms. The fraction of sp³-hybridized carbons (Fsp3) is 0.562. The van der Waals surface area contributed by atoms with Crippen LogP contribution in [-0.2, 0) is 9.47 Å². The average Bonchev–Trinajstić information content (AvgIpc) is 3.26. The molecule has 2 rings (SSSR count). The van der Waals surface area contributed by atoms with Crippen LogP contribution in [0.25, 0.3) is 0 Å². The molecule has 3 heteroatoms. The van der Waals surface area contributed by atoms with Gasteiger partial charge in [-0.3, -0.25) is 4.99 Å². The van der Waals surface area contributed by atoms with Gasteiger partial charge in [0.15, 0.2) is 0 Å². The maximum absolute atomic E-state index is 5.67. The number of aliphatic imine (C=N–C) groups is 1. The maximum atomic E-state index is 5.67. The lowest BCUT2D eigenvalue weighted by Gasteiger charge is -2.12. The molecule has 1 aromatic rings. The minimum atomic E-state index is 0.263. The predicted octanol–water partition coefficient (Wildman–Crippen LogP) is 3.08. The van der Waals surface area contributed by atoms with E-state index in [4.69, 9.17) is 9.47 Å². The number of rotatable bonds is 9. The van der Waals surface area contributed by atoms with Crippen molar-refractivity contribution in [1.29, 1.82) is 0 Å². The highest BCUT2D eigenvalue weighted by Crippen LogP contribution is 2.11. The monoisotopic (exact) mass is 261 g/mol. The molecule has 19 heavy (non-hydrogen) atoms. The van der Waals surface area contributed by atoms with Crippen LogP contribution in [0.2, 0.25) is 0 Å². The van der Waals surface area contributed by atoms with Gasteiger partial charge in [-0.05, 0) is 12.0 Å². The Bertz CT molecular complexity index is 374. The van der Waals surface area contributed by atoms with Crippen molar-refractivity contribution in [3.05, 3.63) is 35.9 Å². The lowest BCUT2D eigenvalue weighted by molar-refractivity contribution is 0.103. The molecule has 0 radical (unpaired) electrons. The lowest BCUT2D eigenvalue weighted by Crippen LogP contribution is -2.16. The summed E-state index contributed by atoms with van der Waals surface area (Å²) in [5, 5.41) is 0. The first kappa shape index (κ1) is 14.2. The summed E-state index contributed by atoms with van der Waals surface area (Å²) in [4.78, 5) is 4.66. The fourth-order valence-corrected chi connectivity index (χ4v) is 1.87. The molecular formula is C16H23NO2. The Morgan fingerprint density at radius 2 is 2.21 bits per heavy atom. The Kier molecular flexibility index (Phi) is 6.05. The van der Waals surface area contributed by atoms with E-state index in [-0.39, 0.29) is 6.04 Å². The zero-order valence-corrected chi connectivity index (χ0v) is 11.6. The van der Waals surface area contributed by atoms with Crippen LogP contribution < -0.4 is 0 Å². The van der Waals surface area contributed by atoms with E-state index in [9.17, 15) is 0 Å². The fourth-order valence-electron chi connectivity index (χ4n) is 1.87. The van der Waals surface area contributed by atoms with Crippen LogP contribution in [0.15, 0.2) is 35.3 Å². The van der Waals surface area contributed by atoms with Gasteiger partial charge >= 0.3 is 0 Å². The lowest BCUT2D eigenvalue weighted by atomic mass is 10.1. The second-order valence-electron chi connectivity index (χ2n) is 4.98. The minimum Gasteiger partial charge on any atom is -0.376 e. The van der Waals surface area contributed by atoms with Gasteiger partial charge in [0.2, 0.25) is 0 Å². The molecule has 0 N–H and O–H groups in total. The zero-order valence-electron chi connectivity index (χ0n) is 11.6. The zero-order chi connectivity index (χ0) is 13.3. The highest BCUT2D eigenvalue weighted by molar-refractivity contribution is 5.79. The largest absolute Gasteiger partial charge is 0.376 e. The first-order chi connectivity index (χ1) is 9.38. The molecule has 1 aliphatic heterocycles. The van der Waals surface area contributed by atoms with Gasteiger partial charge in [0.05, 0.1) is 25.9 Å². The van der Waals surface area contributed by atoms with Gasteiger partial charge in [-0.2, -0.15) is 0 Å². The molecule has 2 atom stereocenters. The number of ether oxygens (including phenoxy) is 2. The van der Waals surface area contributed by atoms with Crippen LogP contribution >= 0.6 is 0 Å². The summed E-state index contributed by atoms with van der Waals surface area (Å²) in [5.41, 5.74) is 1.15. The van der Waals surface area contributed by atoms with Crippen LogP contribution in [0.5, 0.6) is 0 Å². The van der Waals surface area contributed by atoms with E-state index in [1.165, 1.54) is 12.8 Å². The molecule has 0 spiro atoms. The summed E-state index contributed by atoms with van der Waals surface area (Å²) >= 11 is 0. The van der Waals surface area contributed by atoms with Crippen molar-refractivity contribution < 1.29 is 9.47 Å². The Morgan fingerprint density at radius 1 is 1.42 bits per heavy atom. The Hall–Kier alpha value is -1.19. The Labute approximate surface area is 115 Å². The van der Waals surface area contributed by atoms with Gasteiger partial charge < -0.3 is 9.47 Å². The van der Waals surface area contributed by atoms with Gasteiger partial charge in [0.1, 0.15) is 6.10 Å². The quantitative estimate of drug-likeness (QED) is 0.505. The van der Waals surface area contributed by atoms with E-state index in [0.717, 1.165) is 18.6 Å². The van der Waals surface area contributed by atoms with Crippen molar-refractivity contribution >= 4 is 6.21 Å². The third-order valence-corrected chi connectivity index (χ3v) is 3.14. The molecule has 104 valence electrons. The molecule has 0 amide bonds. The molecule has 1 saturated heterocycles. The summed E-state index contributed by atoms with van der Waals surface area (Å²) in [6, 6.07) is 10.5. The van der Waals surface area contributed by atoms with E-state index in [1.54, 1.807) is 0 Å². The first-order valence-electron chi connectivity index (χ1n) is 7.16. The standard InChI is InChI=1S/C16H23NO2/c1-2-3-9-15(11-18-12-16-13-19-16)17-10-14-7-5-4-6-8-14/h4-8,10,15-16H,2-3,9,11-13H2,1H3. The van der Waals surface area contributed by atoms with Crippen molar-refractivity contribution in [2.45, 2.75) is 38.3 Å². The van der Waals surface area contributed by atoms with Crippen LogP contribution in [0.1, 0.15) is 31.7 Å². The predicted molar refractivity (Wildman–Crippen MR) is 77.9 cm³/mol. The van der Waals surface area contributed by atoms with E-state index < -0.39 is 0 Å². The van der Waals surface area contributed by atoms with E-state index in [1.807, 2.05) is 24.4 Å². The summed E-state index contributed by atoms with van der Waals surface area (Å²) in [6.07, 6.45) is 5.77. The number of epoxide rings is 1. The van der Waals surface area contributed by atoms with Crippen molar-refractivity contribution in [2.75, 3.05) is 19.8 Å². The van der Waals surface area contributed by atoms with Crippen molar-refractivity contribution in [2.24, 2.45) is 4.99 Å². The third-order valence-electron chi connectivity index (χ3n) is 3.14. The van der Waals surface area contributed by atoms with E-state index >= 15 is 0 Å². The molecule has 0 aromatic heterocycles. The smallest absolute Gasteiger partial charge is 0.104 e. The molecule has 1 fully saturated rings. The number of benzene rings is 1. The first-order valence-corrected chi connectivity index (χ1v) is 7.16. The molecule has 0 saturated carbocycles. The second kappa shape index (κ2) is 8.08. The van der Waals surface area contributed by atoms with Crippen molar-refractivity contribution in [3.8, 4) is 0 Å². The van der Waals surface area contributed by atoms with Crippen molar-refractivity contribution in [1.82, 2.24) is 0 Å². The van der Waals surface area contributed by atoms with Crippen LogP contribution in [-0.4, -0.2) is 38.2 Å². The third kappa shape index (κ3) is 5.99. The average molecular weight is 261 g/mol. The number of unbranched alkanes of at least 4 members (excludes halogenated alkanes) is 1. The summed E-state index contributed by atoms with van der Waals surface area (Å²) < 4.78 is 10.8. The second-order valence-corrected chi connectivity index (χ2v) is 4.98. The molecule has 1 aromatic carbocycles. The normalized spacial score (nSPS) is 19.7. The number of hydrogen-bond donors (Lipinski definition) is 0. The van der Waals surface area contributed by atoms with E-state index in [0.29, 0.717) is 19.3 Å².